The highest BCUT2D eigenvalue weighted by Gasteiger charge is 2.38. The third-order valence-corrected chi connectivity index (χ3v) is 4.46. The van der Waals surface area contributed by atoms with Crippen LogP contribution in [0.4, 0.5) is 0 Å². The summed E-state index contributed by atoms with van der Waals surface area (Å²) >= 11 is 0. The molecule has 1 aliphatic carbocycles. The Bertz CT molecular complexity index is 496. The molecule has 0 spiro atoms. The van der Waals surface area contributed by atoms with Crippen molar-refractivity contribution in [3.63, 3.8) is 0 Å². The van der Waals surface area contributed by atoms with Gasteiger partial charge in [-0.15, -0.1) is 0 Å². The van der Waals surface area contributed by atoms with Gasteiger partial charge < -0.3 is 15.3 Å². The molecule has 1 saturated carbocycles. The molecule has 2 fully saturated rings. The van der Waals surface area contributed by atoms with E-state index in [1.54, 1.807) is 0 Å². The van der Waals surface area contributed by atoms with Gasteiger partial charge in [0.1, 0.15) is 0 Å². The summed E-state index contributed by atoms with van der Waals surface area (Å²) in [5.41, 5.74) is 2.51. The summed E-state index contributed by atoms with van der Waals surface area (Å²) in [5, 5.41) is 12.7. The number of β-amino-alcohol motifs (C(OH)–C–C–N with tert-alkyl or cyclic N) is 1. The van der Waals surface area contributed by atoms with E-state index in [4.69, 9.17) is 0 Å². The van der Waals surface area contributed by atoms with Gasteiger partial charge in [-0.2, -0.15) is 0 Å². The molecule has 1 amide bonds. The second-order valence-corrected chi connectivity index (χ2v) is 6.22. The topological polar surface area (TPSA) is 52.6 Å². The van der Waals surface area contributed by atoms with Crippen molar-refractivity contribution in [2.75, 3.05) is 6.54 Å². The number of carbonyl (C=O) groups is 1. The van der Waals surface area contributed by atoms with Gasteiger partial charge in [0.05, 0.1) is 12.1 Å². The average molecular weight is 288 g/mol. The number of amides is 1. The Morgan fingerprint density at radius 3 is 2.48 bits per heavy atom. The van der Waals surface area contributed by atoms with E-state index in [1.807, 2.05) is 4.90 Å². The van der Waals surface area contributed by atoms with E-state index in [0.29, 0.717) is 25.6 Å². The fourth-order valence-corrected chi connectivity index (χ4v) is 2.96. The Kier molecular flexibility index (Phi) is 4.27. The van der Waals surface area contributed by atoms with E-state index in [-0.39, 0.29) is 18.1 Å². The zero-order valence-electron chi connectivity index (χ0n) is 12.6. The van der Waals surface area contributed by atoms with Crippen molar-refractivity contribution < 1.29 is 9.90 Å². The molecule has 3 rings (SSSR count). The summed E-state index contributed by atoms with van der Waals surface area (Å²) in [6.07, 6.45) is 3.40. The Balaban J connectivity index is 1.68. The van der Waals surface area contributed by atoms with Crippen LogP contribution < -0.4 is 5.32 Å². The van der Waals surface area contributed by atoms with E-state index in [1.165, 1.54) is 11.1 Å². The summed E-state index contributed by atoms with van der Waals surface area (Å²) in [5.74, 6) is 0.147. The molecular weight excluding hydrogens is 264 g/mol. The van der Waals surface area contributed by atoms with E-state index in [0.717, 1.165) is 19.3 Å². The number of nitrogens with one attached hydrogen (secondary N) is 1. The van der Waals surface area contributed by atoms with Crippen molar-refractivity contribution in [2.45, 2.75) is 57.3 Å². The Hall–Kier alpha value is -1.39. The minimum Gasteiger partial charge on any atom is -0.392 e. The minimum absolute atomic E-state index is 0.147. The summed E-state index contributed by atoms with van der Waals surface area (Å²) in [6.45, 7) is 3.36. The highest BCUT2D eigenvalue weighted by molar-refractivity contribution is 5.83. The molecule has 0 aromatic heterocycles. The van der Waals surface area contributed by atoms with Gasteiger partial charge in [-0.1, -0.05) is 31.2 Å². The molecule has 1 aromatic carbocycles. The molecule has 0 radical (unpaired) electrons. The van der Waals surface area contributed by atoms with Crippen molar-refractivity contribution >= 4 is 5.91 Å². The maximum atomic E-state index is 12.7. The quantitative estimate of drug-likeness (QED) is 0.862. The van der Waals surface area contributed by atoms with Gasteiger partial charge >= 0.3 is 0 Å². The Morgan fingerprint density at radius 2 is 1.95 bits per heavy atom. The van der Waals surface area contributed by atoms with Gasteiger partial charge in [0.15, 0.2) is 0 Å². The second kappa shape index (κ2) is 6.16. The molecule has 1 saturated heterocycles. The van der Waals surface area contributed by atoms with Crippen LogP contribution in [0.5, 0.6) is 0 Å². The number of carbonyl (C=O) groups excluding carboxylic acids is 1. The van der Waals surface area contributed by atoms with Gasteiger partial charge in [-0.25, -0.2) is 0 Å². The molecular formula is C17H24N2O2. The van der Waals surface area contributed by atoms with Crippen molar-refractivity contribution in [3.05, 3.63) is 35.4 Å². The normalized spacial score (nSPS) is 25.0. The number of nitrogens with zero attached hydrogens (tertiary/aromatic N) is 1. The molecule has 1 aromatic rings. The number of hydrogen-bond acceptors (Lipinski definition) is 3. The monoisotopic (exact) mass is 288 g/mol. The van der Waals surface area contributed by atoms with Crippen molar-refractivity contribution in [3.8, 4) is 0 Å². The summed E-state index contributed by atoms with van der Waals surface area (Å²) in [6, 6.07) is 8.71. The predicted molar refractivity (Wildman–Crippen MR) is 81.8 cm³/mol. The number of aliphatic hydroxyl groups excluding tert-OH is 1. The minimum atomic E-state index is -0.385. The first-order valence-corrected chi connectivity index (χ1v) is 7.97. The largest absolute Gasteiger partial charge is 0.392 e. The Morgan fingerprint density at radius 1 is 1.29 bits per heavy atom. The predicted octanol–water partition coefficient (Wildman–Crippen LogP) is 1.46. The van der Waals surface area contributed by atoms with Crippen LogP contribution in [-0.2, 0) is 17.8 Å². The van der Waals surface area contributed by atoms with Crippen LogP contribution in [0.2, 0.25) is 0 Å². The number of hydrogen-bond donors (Lipinski definition) is 2. The number of aliphatic hydroxyl groups is 1. The highest BCUT2D eigenvalue weighted by Crippen LogP contribution is 2.30. The molecule has 1 heterocycles. The fourth-order valence-electron chi connectivity index (χ4n) is 2.96. The van der Waals surface area contributed by atoms with Crippen LogP contribution in [0, 0.1) is 0 Å². The van der Waals surface area contributed by atoms with Gasteiger partial charge in [-0.05, 0) is 36.8 Å². The molecule has 2 N–H and O–H groups in total. The third-order valence-electron chi connectivity index (χ3n) is 4.46. The van der Waals surface area contributed by atoms with E-state index in [9.17, 15) is 9.90 Å². The zero-order chi connectivity index (χ0) is 14.8. The summed E-state index contributed by atoms with van der Waals surface area (Å²) in [7, 11) is 0. The van der Waals surface area contributed by atoms with E-state index >= 15 is 0 Å². The zero-order valence-corrected chi connectivity index (χ0v) is 12.6. The molecule has 2 atom stereocenters. The van der Waals surface area contributed by atoms with E-state index in [2.05, 4.69) is 36.5 Å². The van der Waals surface area contributed by atoms with E-state index < -0.39 is 0 Å². The van der Waals surface area contributed by atoms with Crippen molar-refractivity contribution in [1.29, 1.82) is 0 Å². The molecule has 4 heteroatoms. The summed E-state index contributed by atoms with van der Waals surface area (Å²) < 4.78 is 0. The molecule has 1 aliphatic heterocycles. The van der Waals surface area contributed by atoms with Gasteiger partial charge in [0, 0.05) is 19.1 Å². The second-order valence-electron chi connectivity index (χ2n) is 6.22. The standard InChI is InChI=1S/C17H24N2O2/c1-2-12-3-5-13(6-4-12)11-19(14-7-8-14)17(21)16-9-15(20)10-18-16/h3-6,14-16,18,20H,2,7-11H2,1H3. The lowest BCUT2D eigenvalue weighted by molar-refractivity contribution is -0.134. The lowest BCUT2D eigenvalue weighted by Gasteiger charge is -2.26. The lowest BCUT2D eigenvalue weighted by atomic mass is 10.1. The molecule has 4 nitrogen and oxygen atoms in total. The van der Waals surface area contributed by atoms with Crippen LogP contribution >= 0.6 is 0 Å². The smallest absolute Gasteiger partial charge is 0.240 e. The van der Waals surface area contributed by atoms with Crippen LogP contribution in [0.1, 0.15) is 37.3 Å². The SMILES string of the molecule is CCc1ccc(CN(C(=O)C2CC(O)CN2)C2CC2)cc1. The van der Waals surface area contributed by atoms with Crippen LogP contribution in [0.25, 0.3) is 0 Å². The van der Waals surface area contributed by atoms with Gasteiger partial charge in [0.25, 0.3) is 0 Å². The summed E-state index contributed by atoms with van der Waals surface area (Å²) in [4.78, 5) is 14.6. The van der Waals surface area contributed by atoms with Crippen LogP contribution in [0.15, 0.2) is 24.3 Å². The molecule has 21 heavy (non-hydrogen) atoms. The fraction of sp³-hybridized carbons (Fsp3) is 0.588. The van der Waals surface area contributed by atoms with Crippen LogP contribution in [-0.4, -0.2) is 40.6 Å². The van der Waals surface area contributed by atoms with Gasteiger partial charge in [-0.3, -0.25) is 4.79 Å². The molecule has 2 aliphatic rings. The van der Waals surface area contributed by atoms with Crippen molar-refractivity contribution in [2.24, 2.45) is 0 Å². The lowest BCUT2D eigenvalue weighted by Crippen LogP contribution is -2.44. The third kappa shape index (κ3) is 3.44. The Labute approximate surface area is 126 Å². The first-order valence-electron chi connectivity index (χ1n) is 7.97. The van der Waals surface area contributed by atoms with Crippen molar-refractivity contribution in [1.82, 2.24) is 10.2 Å². The number of rotatable bonds is 5. The maximum absolute atomic E-state index is 12.7. The maximum Gasteiger partial charge on any atom is 0.240 e. The highest BCUT2D eigenvalue weighted by atomic mass is 16.3. The van der Waals surface area contributed by atoms with Gasteiger partial charge in [0.2, 0.25) is 5.91 Å². The average Bonchev–Trinajstić information content (AvgIpc) is 3.26. The molecule has 0 bridgehead atoms. The first-order chi connectivity index (χ1) is 10.2. The molecule has 114 valence electrons. The first kappa shape index (κ1) is 14.5. The van der Waals surface area contributed by atoms with Crippen LogP contribution in [0.3, 0.4) is 0 Å². The number of benzene rings is 1. The molecule has 2 unspecified atom stereocenters. The number of aryl methyl sites for hydroxylation is 1.